The molecule has 1 aliphatic rings. The van der Waals surface area contributed by atoms with Crippen LogP contribution >= 0.6 is 11.6 Å². The van der Waals surface area contributed by atoms with Gasteiger partial charge in [0.25, 0.3) is 0 Å². The molecule has 1 heterocycles. The molecule has 0 aromatic heterocycles. The predicted molar refractivity (Wildman–Crippen MR) is 113 cm³/mol. The van der Waals surface area contributed by atoms with Gasteiger partial charge < -0.3 is 10.1 Å². The molecule has 0 spiro atoms. The molecular formula is C22H28ClN3O2. The van der Waals surface area contributed by atoms with E-state index in [2.05, 4.69) is 21.2 Å². The van der Waals surface area contributed by atoms with Gasteiger partial charge >= 0.3 is 0 Å². The molecule has 1 fully saturated rings. The number of nitrogens with zero attached hydrogens (tertiary/aromatic N) is 2. The third-order valence-electron chi connectivity index (χ3n) is 5.26. The van der Waals surface area contributed by atoms with E-state index in [9.17, 15) is 4.79 Å². The van der Waals surface area contributed by atoms with Gasteiger partial charge in [0.15, 0.2) is 0 Å². The van der Waals surface area contributed by atoms with Crippen molar-refractivity contribution < 1.29 is 9.53 Å². The van der Waals surface area contributed by atoms with Crippen LogP contribution in [0.1, 0.15) is 18.1 Å². The van der Waals surface area contributed by atoms with Crippen molar-refractivity contribution in [1.29, 1.82) is 0 Å². The maximum Gasteiger partial charge on any atom is 0.237 e. The number of nitrogens with one attached hydrogen (secondary N) is 1. The van der Waals surface area contributed by atoms with Crippen molar-refractivity contribution in [1.82, 2.24) is 15.1 Å². The first-order valence-corrected chi connectivity index (χ1v) is 10.0. The zero-order chi connectivity index (χ0) is 19.9. The van der Waals surface area contributed by atoms with E-state index in [0.29, 0.717) is 6.54 Å². The zero-order valence-electron chi connectivity index (χ0n) is 16.5. The molecule has 6 heteroatoms. The first-order chi connectivity index (χ1) is 13.5. The highest BCUT2D eigenvalue weighted by Crippen LogP contribution is 2.15. The summed E-state index contributed by atoms with van der Waals surface area (Å²) >= 11 is 6.07. The maximum atomic E-state index is 12.5. The van der Waals surface area contributed by atoms with Crippen LogP contribution in [-0.4, -0.2) is 55.0 Å². The number of methoxy groups -OCH3 is 1. The Balaban J connectivity index is 1.43. The van der Waals surface area contributed by atoms with E-state index < -0.39 is 0 Å². The highest BCUT2D eigenvalue weighted by atomic mass is 35.5. The molecule has 1 atom stereocenters. The number of rotatable bonds is 7. The molecule has 1 N–H and O–H groups in total. The van der Waals surface area contributed by atoms with E-state index in [4.69, 9.17) is 16.3 Å². The fourth-order valence-electron chi connectivity index (χ4n) is 3.45. The molecule has 3 rings (SSSR count). The number of ether oxygens (including phenoxy) is 1. The quantitative estimate of drug-likeness (QED) is 0.774. The van der Waals surface area contributed by atoms with Crippen LogP contribution in [-0.2, 0) is 17.9 Å². The van der Waals surface area contributed by atoms with Crippen molar-refractivity contribution in [2.24, 2.45) is 0 Å². The Morgan fingerprint density at radius 2 is 1.82 bits per heavy atom. The van der Waals surface area contributed by atoms with Gasteiger partial charge in [0, 0.05) is 44.3 Å². The lowest BCUT2D eigenvalue weighted by Gasteiger charge is -2.37. The Morgan fingerprint density at radius 3 is 2.46 bits per heavy atom. The number of carbonyl (C=O) groups is 1. The summed E-state index contributed by atoms with van der Waals surface area (Å²) in [4.78, 5) is 17.2. The van der Waals surface area contributed by atoms with Crippen LogP contribution in [0, 0.1) is 0 Å². The summed E-state index contributed by atoms with van der Waals surface area (Å²) < 4.78 is 5.16. The molecule has 150 valence electrons. The van der Waals surface area contributed by atoms with Crippen LogP contribution in [0.15, 0.2) is 48.5 Å². The standard InChI is InChI=1S/C22H28ClN3O2/c1-17(22(27)24-15-18-6-8-21(28-2)9-7-18)26-12-10-25(11-13-26)16-19-4-3-5-20(23)14-19/h3-9,14,17H,10-13,15-16H2,1-2H3,(H,24,27). The predicted octanol–water partition coefficient (Wildman–Crippen LogP) is 3.17. The highest BCUT2D eigenvalue weighted by Gasteiger charge is 2.25. The summed E-state index contributed by atoms with van der Waals surface area (Å²) in [6, 6.07) is 15.6. The number of carbonyl (C=O) groups excluding carboxylic acids is 1. The lowest BCUT2D eigenvalue weighted by Crippen LogP contribution is -2.53. The van der Waals surface area contributed by atoms with E-state index >= 15 is 0 Å². The first-order valence-electron chi connectivity index (χ1n) is 9.66. The molecule has 1 unspecified atom stereocenters. The number of halogens is 1. The summed E-state index contributed by atoms with van der Waals surface area (Å²) in [5.41, 5.74) is 2.29. The van der Waals surface area contributed by atoms with Crippen molar-refractivity contribution in [3.05, 3.63) is 64.7 Å². The van der Waals surface area contributed by atoms with Crippen LogP contribution in [0.2, 0.25) is 5.02 Å². The van der Waals surface area contributed by atoms with E-state index in [1.54, 1.807) is 7.11 Å². The lowest BCUT2D eigenvalue weighted by atomic mass is 10.1. The van der Waals surface area contributed by atoms with Crippen molar-refractivity contribution >= 4 is 17.5 Å². The van der Waals surface area contributed by atoms with Gasteiger partial charge in [0.05, 0.1) is 13.2 Å². The third-order valence-corrected chi connectivity index (χ3v) is 5.49. The molecule has 2 aromatic carbocycles. The smallest absolute Gasteiger partial charge is 0.237 e. The number of benzene rings is 2. The van der Waals surface area contributed by atoms with Crippen molar-refractivity contribution in [2.75, 3.05) is 33.3 Å². The van der Waals surface area contributed by atoms with E-state index in [1.165, 1.54) is 5.56 Å². The summed E-state index contributed by atoms with van der Waals surface area (Å²) in [7, 11) is 1.65. The minimum atomic E-state index is -0.133. The van der Waals surface area contributed by atoms with Gasteiger partial charge in [-0.15, -0.1) is 0 Å². The van der Waals surface area contributed by atoms with E-state index in [-0.39, 0.29) is 11.9 Å². The normalized spacial score (nSPS) is 16.5. The summed E-state index contributed by atoms with van der Waals surface area (Å²) in [6.07, 6.45) is 0. The van der Waals surface area contributed by atoms with E-state index in [1.807, 2.05) is 49.4 Å². The fraction of sp³-hybridized carbons (Fsp3) is 0.409. The Hall–Kier alpha value is -2.08. The molecule has 1 aliphatic heterocycles. The van der Waals surface area contributed by atoms with Crippen LogP contribution in [0.4, 0.5) is 0 Å². The lowest BCUT2D eigenvalue weighted by molar-refractivity contribution is -0.126. The molecule has 0 radical (unpaired) electrons. The zero-order valence-corrected chi connectivity index (χ0v) is 17.3. The second-order valence-electron chi connectivity index (χ2n) is 7.18. The van der Waals surface area contributed by atoms with Crippen LogP contribution in [0.25, 0.3) is 0 Å². The molecule has 28 heavy (non-hydrogen) atoms. The van der Waals surface area contributed by atoms with Crippen LogP contribution < -0.4 is 10.1 Å². The summed E-state index contributed by atoms with van der Waals surface area (Å²) in [5.74, 6) is 0.887. The van der Waals surface area contributed by atoms with Gasteiger partial charge in [-0.05, 0) is 42.3 Å². The monoisotopic (exact) mass is 401 g/mol. The van der Waals surface area contributed by atoms with Crippen LogP contribution in [0.3, 0.4) is 0 Å². The minimum absolute atomic E-state index is 0.0686. The first kappa shape index (κ1) is 20.6. The Bertz CT molecular complexity index is 774. The number of amides is 1. The maximum absolute atomic E-state index is 12.5. The number of hydrogen-bond donors (Lipinski definition) is 1. The molecule has 2 aromatic rings. The second-order valence-corrected chi connectivity index (χ2v) is 7.62. The SMILES string of the molecule is COc1ccc(CNC(=O)C(C)N2CCN(Cc3cccc(Cl)c3)CC2)cc1. The Labute approximate surface area is 172 Å². The highest BCUT2D eigenvalue weighted by molar-refractivity contribution is 6.30. The average molecular weight is 402 g/mol. The molecule has 1 amide bonds. The summed E-state index contributed by atoms with van der Waals surface area (Å²) in [5, 5.41) is 3.82. The van der Waals surface area contributed by atoms with Crippen molar-refractivity contribution in [2.45, 2.75) is 26.1 Å². The average Bonchev–Trinajstić information content (AvgIpc) is 2.72. The molecule has 0 saturated carbocycles. The van der Waals surface area contributed by atoms with Crippen LogP contribution in [0.5, 0.6) is 5.75 Å². The van der Waals surface area contributed by atoms with Crippen molar-refractivity contribution in [3.8, 4) is 5.75 Å². The largest absolute Gasteiger partial charge is 0.497 e. The van der Waals surface area contributed by atoms with Gasteiger partial charge in [0.2, 0.25) is 5.91 Å². The second kappa shape index (κ2) is 9.92. The van der Waals surface area contributed by atoms with Gasteiger partial charge in [-0.1, -0.05) is 35.9 Å². The number of hydrogen-bond acceptors (Lipinski definition) is 4. The third kappa shape index (κ3) is 5.71. The molecule has 0 bridgehead atoms. The van der Waals surface area contributed by atoms with Crippen molar-refractivity contribution in [3.63, 3.8) is 0 Å². The molecule has 5 nitrogen and oxygen atoms in total. The van der Waals surface area contributed by atoms with Gasteiger partial charge in [-0.25, -0.2) is 0 Å². The Morgan fingerprint density at radius 1 is 1.11 bits per heavy atom. The van der Waals surface area contributed by atoms with Gasteiger partial charge in [-0.2, -0.15) is 0 Å². The molecule has 0 aliphatic carbocycles. The molecule has 1 saturated heterocycles. The molecular weight excluding hydrogens is 374 g/mol. The topological polar surface area (TPSA) is 44.8 Å². The Kier molecular flexibility index (Phi) is 7.31. The summed E-state index contributed by atoms with van der Waals surface area (Å²) in [6.45, 7) is 7.07. The fourth-order valence-corrected chi connectivity index (χ4v) is 3.66. The van der Waals surface area contributed by atoms with Gasteiger partial charge in [-0.3, -0.25) is 14.6 Å². The number of piperazine rings is 1. The minimum Gasteiger partial charge on any atom is -0.497 e. The van der Waals surface area contributed by atoms with E-state index in [0.717, 1.165) is 49.1 Å². The van der Waals surface area contributed by atoms with Gasteiger partial charge in [0.1, 0.15) is 5.75 Å².